The first-order valence-electron chi connectivity index (χ1n) is 6.75. The topological polar surface area (TPSA) is 62.1 Å². The minimum Gasteiger partial charge on any atom is -0.369 e. The summed E-state index contributed by atoms with van der Waals surface area (Å²) in [5.74, 6) is -0.235. The van der Waals surface area contributed by atoms with Crippen molar-refractivity contribution in [2.24, 2.45) is 5.41 Å². The van der Waals surface area contributed by atoms with Gasteiger partial charge in [0.15, 0.2) is 0 Å². The van der Waals surface area contributed by atoms with Gasteiger partial charge >= 0.3 is 0 Å². The molecule has 4 heteroatoms. The third-order valence-corrected chi connectivity index (χ3v) is 2.89. The SMILES string of the molecule is CC(OCCC(C)(C)C)C(=O)Nc1ccccc1C#N. The number of nitrogens with one attached hydrogen (secondary N) is 1. The minimum atomic E-state index is -0.538. The summed E-state index contributed by atoms with van der Waals surface area (Å²) in [5, 5.41) is 11.7. The smallest absolute Gasteiger partial charge is 0.253 e. The van der Waals surface area contributed by atoms with Gasteiger partial charge in [0.2, 0.25) is 0 Å². The van der Waals surface area contributed by atoms with Crippen LogP contribution in [0.5, 0.6) is 0 Å². The number of nitrogens with zero attached hydrogens (tertiary/aromatic N) is 1. The Morgan fingerprint density at radius 2 is 2.05 bits per heavy atom. The summed E-state index contributed by atoms with van der Waals surface area (Å²) in [5.41, 5.74) is 1.15. The predicted octanol–water partition coefficient (Wildman–Crippen LogP) is 3.34. The van der Waals surface area contributed by atoms with E-state index >= 15 is 0 Å². The Morgan fingerprint density at radius 1 is 1.40 bits per heavy atom. The minimum absolute atomic E-state index is 0.184. The highest BCUT2D eigenvalue weighted by atomic mass is 16.5. The lowest BCUT2D eigenvalue weighted by Gasteiger charge is -2.20. The first kappa shape index (κ1) is 16.2. The van der Waals surface area contributed by atoms with Crippen LogP contribution >= 0.6 is 0 Å². The molecule has 0 aliphatic heterocycles. The number of hydrogen-bond donors (Lipinski definition) is 1. The Labute approximate surface area is 120 Å². The fourth-order valence-electron chi connectivity index (χ4n) is 1.54. The van der Waals surface area contributed by atoms with Gasteiger partial charge in [0.05, 0.1) is 11.3 Å². The van der Waals surface area contributed by atoms with E-state index in [4.69, 9.17) is 10.00 Å². The van der Waals surface area contributed by atoms with Crippen molar-refractivity contribution in [1.29, 1.82) is 5.26 Å². The van der Waals surface area contributed by atoms with Crippen LogP contribution in [0.1, 0.15) is 39.7 Å². The molecule has 0 aromatic heterocycles. The van der Waals surface area contributed by atoms with E-state index in [1.807, 2.05) is 6.07 Å². The van der Waals surface area contributed by atoms with Crippen LogP contribution in [-0.2, 0) is 9.53 Å². The third-order valence-electron chi connectivity index (χ3n) is 2.89. The van der Waals surface area contributed by atoms with E-state index in [0.29, 0.717) is 17.9 Å². The molecule has 0 saturated heterocycles. The van der Waals surface area contributed by atoms with Crippen LogP contribution in [0.2, 0.25) is 0 Å². The summed E-state index contributed by atoms with van der Waals surface area (Å²) in [6.45, 7) is 8.64. The van der Waals surface area contributed by atoms with Gasteiger partial charge in [0, 0.05) is 6.61 Å². The summed E-state index contributed by atoms with van der Waals surface area (Å²) in [7, 11) is 0. The van der Waals surface area contributed by atoms with Crippen LogP contribution in [-0.4, -0.2) is 18.6 Å². The van der Waals surface area contributed by atoms with Crippen molar-refractivity contribution in [3.63, 3.8) is 0 Å². The van der Waals surface area contributed by atoms with E-state index in [9.17, 15) is 4.79 Å². The molecular formula is C16H22N2O2. The molecule has 0 aliphatic carbocycles. The molecule has 1 rings (SSSR count). The Bertz CT molecular complexity index is 498. The maximum Gasteiger partial charge on any atom is 0.253 e. The van der Waals surface area contributed by atoms with Gasteiger partial charge in [-0.3, -0.25) is 4.79 Å². The second kappa shape index (κ2) is 7.06. The van der Waals surface area contributed by atoms with Crippen molar-refractivity contribution < 1.29 is 9.53 Å². The molecule has 0 fully saturated rings. The number of para-hydroxylation sites is 1. The van der Waals surface area contributed by atoms with Crippen LogP contribution in [0.15, 0.2) is 24.3 Å². The molecular weight excluding hydrogens is 252 g/mol. The van der Waals surface area contributed by atoms with Crippen LogP contribution in [0, 0.1) is 16.7 Å². The average molecular weight is 274 g/mol. The standard InChI is InChI=1S/C16H22N2O2/c1-12(20-10-9-16(2,3)4)15(19)18-14-8-6-5-7-13(14)11-17/h5-8,12H,9-10H2,1-4H3,(H,18,19). The lowest BCUT2D eigenvalue weighted by molar-refractivity contribution is -0.126. The second-order valence-corrected chi connectivity index (χ2v) is 5.97. The Morgan fingerprint density at radius 3 is 2.65 bits per heavy atom. The maximum absolute atomic E-state index is 12.0. The lowest BCUT2D eigenvalue weighted by atomic mass is 9.93. The highest BCUT2D eigenvalue weighted by Gasteiger charge is 2.16. The van der Waals surface area contributed by atoms with Crippen LogP contribution in [0.3, 0.4) is 0 Å². The molecule has 0 spiro atoms. The zero-order chi connectivity index (χ0) is 15.2. The van der Waals surface area contributed by atoms with Gasteiger partial charge in [0.25, 0.3) is 5.91 Å². The van der Waals surface area contributed by atoms with Gasteiger partial charge in [-0.2, -0.15) is 5.26 Å². The van der Waals surface area contributed by atoms with Crippen molar-refractivity contribution in [1.82, 2.24) is 0 Å². The summed E-state index contributed by atoms with van der Waals surface area (Å²) in [4.78, 5) is 12.0. The Kier molecular flexibility index (Phi) is 5.72. The molecule has 1 aromatic carbocycles. The lowest BCUT2D eigenvalue weighted by Crippen LogP contribution is -2.29. The van der Waals surface area contributed by atoms with E-state index in [1.54, 1.807) is 31.2 Å². The second-order valence-electron chi connectivity index (χ2n) is 5.97. The summed E-state index contributed by atoms with van der Waals surface area (Å²) in [6.07, 6.45) is 0.350. The van der Waals surface area contributed by atoms with Gasteiger partial charge in [-0.05, 0) is 30.9 Å². The van der Waals surface area contributed by atoms with Gasteiger partial charge < -0.3 is 10.1 Å². The number of rotatable bonds is 5. The highest BCUT2D eigenvalue weighted by Crippen LogP contribution is 2.19. The normalized spacial score (nSPS) is 12.6. The monoisotopic (exact) mass is 274 g/mol. The van der Waals surface area contributed by atoms with Crippen LogP contribution in [0.25, 0.3) is 0 Å². The van der Waals surface area contributed by atoms with E-state index < -0.39 is 6.10 Å². The molecule has 20 heavy (non-hydrogen) atoms. The molecule has 1 amide bonds. The zero-order valence-electron chi connectivity index (χ0n) is 12.6. The molecule has 0 aliphatic rings. The van der Waals surface area contributed by atoms with Crippen molar-refractivity contribution in [2.45, 2.75) is 40.2 Å². The fourth-order valence-corrected chi connectivity index (χ4v) is 1.54. The van der Waals surface area contributed by atoms with E-state index in [2.05, 4.69) is 26.1 Å². The Hall–Kier alpha value is -1.86. The van der Waals surface area contributed by atoms with Gasteiger partial charge in [-0.15, -0.1) is 0 Å². The van der Waals surface area contributed by atoms with Crippen LogP contribution in [0.4, 0.5) is 5.69 Å². The molecule has 4 nitrogen and oxygen atoms in total. The third kappa shape index (κ3) is 5.41. The van der Waals surface area contributed by atoms with Gasteiger partial charge in [0.1, 0.15) is 12.2 Å². The molecule has 0 saturated carbocycles. The number of benzene rings is 1. The molecule has 0 radical (unpaired) electrons. The number of ether oxygens (including phenoxy) is 1. The predicted molar refractivity (Wildman–Crippen MR) is 79.3 cm³/mol. The summed E-state index contributed by atoms with van der Waals surface area (Å²) < 4.78 is 5.53. The molecule has 1 atom stereocenters. The van der Waals surface area contributed by atoms with E-state index in [-0.39, 0.29) is 11.3 Å². The maximum atomic E-state index is 12.0. The van der Waals surface area contributed by atoms with Crippen molar-refractivity contribution in [3.05, 3.63) is 29.8 Å². The summed E-state index contributed by atoms with van der Waals surface area (Å²) >= 11 is 0. The fraction of sp³-hybridized carbons (Fsp3) is 0.500. The number of nitriles is 1. The van der Waals surface area contributed by atoms with Crippen molar-refractivity contribution >= 4 is 11.6 Å². The number of anilines is 1. The number of carbonyl (C=O) groups is 1. The number of amides is 1. The average Bonchev–Trinajstić information content (AvgIpc) is 2.37. The molecule has 108 valence electrons. The van der Waals surface area contributed by atoms with Crippen molar-refractivity contribution in [3.8, 4) is 6.07 Å². The summed E-state index contributed by atoms with van der Waals surface area (Å²) in [6, 6.07) is 8.96. The first-order chi connectivity index (χ1) is 9.33. The van der Waals surface area contributed by atoms with E-state index in [1.165, 1.54) is 0 Å². The molecule has 1 unspecified atom stereocenters. The van der Waals surface area contributed by atoms with Gasteiger partial charge in [-0.25, -0.2) is 0 Å². The number of carbonyl (C=O) groups excluding carboxylic acids is 1. The van der Waals surface area contributed by atoms with Gasteiger partial charge in [-0.1, -0.05) is 32.9 Å². The molecule has 0 bridgehead atoms. The largest absolute Gasteiger partial charge is 0.369 e. The Balaban J connectivity index is 2.52. The first-order valence-corrected chi connectivity index (χ1v) is 6.75. The molecule has 1 N–H and O–H groups in total. The van der Waals surface area contributed by atoms with Crippen molar-refractivity contribution in [2.75, 3.05) is 11.9 Å². The quantitative estimate of drug-likeness (QED) is 0.895. The molecule has 1 aromatic rings. The number of hydrogen-bond acceptors (Lipinski definition) is 3. The van der Waals surface area contributed by atoms with E-state index in [0.717, 1.165) is 6.42 Å². The molecule has 0 heterocycles. The zero-order valence-corrected chi connectivity index (χ0v) is 12.6. The van der Waals surface area contributed by atoms with Crippen LogP contribution < -0.4 is 5.32 Å². The highest BCUT2D eigenvalue weighted by molar-refractivity contribution is 5.95.